The average molecular weight is 521 g/mol. The predicted molar refractivity (Wildman–Crippen MR) is 153 cm³/mol. The molecule has 0 spiro atoms. The van der Waals surface area contributed by atoms with Crippen molar-refractivity contribution in [3.8, 4) is 17.1 Å². The topological polar surface area (TPSA) is 74.3 Å². The molecule has 0 N–H and O–H groups in total. The van der Waals surface area contributed by atoms with Gasteiger partial charge in [0.05, 0.1) is 17.8 Å². The van der Waals surface area contributed by atoms with Gasteiger partial charge in [0.1, 0.15) is 12.2 Å². The highest BCUT2D eigenvalue weighted by atomic mass is 16.6. The first-order valence-electron chi connectivity index (χ1n) is 13.1. The number of anilines is 2. The van der Waals surface area contributed by atoms with Crippen LogP contribution in [0, 0.1) is 0 Å². The second-order valence-electron chi connectivity index (χ2n) is 11.0. The zero-order valence-electron chi connectivity index (χ0n) is 23.7. The minimum atomic E-state index is -0.529. The quantitative estimate of drug-likeness (QED) is 0.455. The van der Waals surface area contributed by atoms with Crippen LogP contribution in [0.15, 0.2) is 42.6 Å². The maximum Gasteiger partial charge on any atom is 0.410 e. The van der Waals surface area contributed by atoms with Gasteiger partial charge in [0, 0.05) is 81.9 Å². The molecule has 1 aliphatic heterocycles. The number of nitrogens with zero attached hydrogens (tertiary/aromatic N) is 6. The number of aromatic nitrogens is 2. The van der Waals surface area contributed by atoms with E-state index < -0.39 is 5.60 Å². The summed E-state index contributed by atoms with van der Waals surface area (Å²) in [5, 5.41) is 1.16. The number of likely N-dealkylation sites (N-methyl/N-ethyl adjacent to an activating group) is 2. The van der Waals surface area contributed by atoms with Gasteiger partial charge in [0.25, 0.3) is 0 Å². The van der Waals surface area contributed by atoms with Crippen molar-refractivity contribution >= 4 is 28.4 Å². The first-order valence-corrected chi connectivity index (χ1v) is 13.1. The highest BCUT2D eigenvalue weighted by molar-refractivity contribution is 5.96. The Morgan fingerprint density at radius 3 is 2.39 bits per heavy atom. The number of pyridine rings is 2. The maximum absolute atomic E-state index is 12.1. The molecule has 4 rings (SSSR count). The molecule has 0 unspecified atom stereocenters. The summed E-state index contributed by atoms with van der Waals surface area (Å²) in [5.74, 6) is 0.501. The SMILES string of the molecule is CN1CCN(c2cc(-c3ccc(OCCN(C)C(=O)OC(C)(C)C)nc3)nc3cc(N(C)C)ccc23)CC1. The van der Waals surface area contributed by atoms with Crippen LogP contribution in [0.5, 0.6) is 5.88 Å². The summed E-state index contributed by atoms with van der Waals surface area (Å²) in [5.41, 5.74) is 4.56. The molecule has 3 heterocycles. The van der Waals surface area contributed by atoms with Crippen LogP contribution in [0.25, 0.3) is 22.2 Å². The smallest absolute Gasteiger partial charge is 0.410 e. The molecule has 0 saturated carbocycles. The summed E-state index contributed by atoms with van der Waals surface area (Å²) in [4.78, 5) is 30.1. The van der Waals surface area contributed by atoms with E-state index in [2.05, 4.69) is 51.0 Å². The number of carbonyl (C=O) groups excluding carboxylic acids is 1. The van der Waals surface area contributed by atoms with Crippen molar-refractivity contribution in [2.75, 3.05) is 77.3 Å². The Hall–Kier alpha value is -3.59. The average Bonchev–Trinajstić information content (AvgIpc) is 2.87. The first-order chi connectivity index (χ1) is 18.0. The number of amides is 1. The van der Waals surface area contributed by atoms with Gasteiger partial charge in [0.2, 0.25) is 5.88 Å². The number of benzene rings is 1. The van der Waals surface area contributed by atoms with Gasteiger partial charge < -0.3 is 29.1 Å². The van der Waals surface area contributed by atoms with E-state index in [-0.39, 0.29) is 6.09 Å². The lowest BCUT2D eigenvalue weighted by atomic mass is 10.1. The number of ether oxygens (including phenoxy) is 2. The fourth-order valence-electron chi connectivity index (χ4n) is 4.27. The third kappa shape index (κ3) is 6.83. The number of hydrogen-bond donors (Lipinski definition) is 0. The van der Waals surface area contributed by atoms with Crippen molar-refractivity contribution in [3.05, 3.63) is 42.6 Å². The van der Waals surface area contributed by atoms with Crippen molar-refractivity contribution in [3.63, 3.8) is 0 Å². The van der Waals surface area contributed by atoms with Crippen LogP contribution in [-0.4, -0.2) is 99.0 Å². The van der Waals surface area contributed by atoms with Gasteiger partial charge in [-0.25, -0.2) is 14.8 Å². The molecule has 0 radical (unpaired) electrons. The Morgan fingerprint density at radius 1 is 1.03 bits per heavy atom. The third-order valence-corrected chi connectivity index (χ3v) is 6.55. The highest BCUT2D eigenvalue weighted by Crippen LogP contribution is 2.33. The van der Waals surface area contributed by atoms with Crippen molar-refractivity contribution in [1.29, 1.82) is 0 Å². The molecule has 38 heavy (non-hydrogen) atoms. The lowest BCUT2D eigenvalue weighted by Gasteiger charge is -2.35. The molecule has 9 nitrogen and oxygen atoms in total. The number of rotatable bonds is 7. The number of piperazine rings is 1. The standard InChI is InChI=1S/C29H40N6O3/c1-29(2,3)38-28(36)34(7)16-17-37-27-11-8-21(20-30-27)24-19-26(35-14-12-33(6)13-15-35)23-10-9-22(32(4)5)18-25(23)31-24/h8-11,18-20H,12-17H2,1-7H3. The van der Waals surface area contributed by atoms with E-state index in [4.69, 9.17) is 14.5 Å². The fourth-order valence-corrected chi connectivity index (χ4v) is 4.27. The van der Waals surface area contributed by atoms with Crippen LogP contribution < -0.4 is 14.5 Å². The summed E-state index contributed by atoms with van der Waals surface area (Å²) < 4.78 is 11.2. The number of fused-ring (bicyclic) bond motifs is 1. The van der Waals surface area contributed by atoms with Gasteiger partial charge in [-0.05, 0) is 58.2 Å². The molecule has 0 atom stereocenters. The molecule has 204 valence electrons. The molecule has 9 heteroatoms. The molecule has 1 aliphatic rings. The van der Waals surface area contributed by atoms with Crippen molar-refractivity contribution in [2.45, 2.75) is 26.4 Å². The van der Waals surface area contributed by atoms with Gasteiger partial charge in [0.15, 0.2) is 0 Å². The second kappa shape index (κ2) is 11.4. The number of carbonyl (C=O) groups is 1. The van der Waals surface area contributed by atoms with Crippen LogP contribution in [0.4, 0.5) is 16.2 Å². The Morgan fingerprint density at radius 2 is 1.76 bits per heavy atom. The Kier molecular flexibility index (Phi) is 8.26. The molecule has 3 aromatic rings. The van der Waals surface area contributed by atoms with Crippen LogP contribution in [0.3, 0.4) is 0 Å². The zero-order valence-corrected chi connectivity index (χ0v) is 23.7. The molecule has 1 amide bonds. The summed E-state index contributed by atoms with van der Waals surface area (Å²) in [6.07, 6.45) is 1.42. The Balaban J connectivity index is 1.52. The molecule has 0 aliphatic carbocycles. The Labute approximate surface area is 226 Å². The normalized spacial score (nSPS) is 14.4. The maximum atomic E-state index is 12.1. The minimum Gasteiger partial charge on any atom is -0.476 e. The van der Waals surface area contributed by atoms with Gasteiger partial charge >= 0.3 is 6.09 Å². The van der Waals surface area contributed by atoms with Crippen molar-refractivity contribution < 1.29 is 14.3 Å². The molecule has 1 aromatic carbocycles. The van der Waals surface area contributed by atoms with E-state index in [1.165, 1.54) is 10.6 Å². The lowest BCUT2D eigenvalue weighted by Crippen LogP contribution is -2.44. The van der Waals surface area contributed by atoms with E-state index in [0.29, 0.717) is 19.0 Å². The largest absolute Gasteiger partial charge is 0.476 e. The highest BCUT2D eigenvalue weighted by Gasteiger charge is 2.20. The van der Waals surface area contributed by atoms with Gasteiger partial charge in [-0.1, -0.05) is 0 Å². The molecule has 2 aromatic heterocycles. The minimum absolute atomic E-state index is 0.317. The van der Waals surface area contributed by atoms with E-state index in [1.807, 2.05) is 47.0 Å². The van der Waals surface area contributed by atoms with Crippen LogP contribution >= 0.6 is 0 Å². The van der Waals surface area contributed by atoms with Crippen molar-refractivity contribution in [1.82, 2.24) is 19.8 Å². The van der Waals surface area contributed by atoms with Crippen LogP contribution in [-0.2, 0) is 4.74 Å². The molecular weight excluding hydrogens is 480 g/mol. The third-order valence-electron chi connectivity index (χ3n) is 6.55. The van der Waals surface area contributed by atoms with Crippen molar-refractivity contribution in [2.24, 2.45) is 0 Å². The molecule has 0 bridgehead atoms. The summed E-state index contributed by atoms with van der Waals surface area (Å²) >= 11 is 0. The van der Waals surface area contributed by atoms with Gasteiger partial charge in [-0.15, -0.1) is 0 Å². The molecular formula is C29H40N6O3. The fraction of sp³-hybridized carbons (Fsp3) is 0.483. The van der Waals surface area contributed by atoms with E-state index in [9.17, 15) is 4.79 Å². The summed E-state index contributed by atoms with van der Waals surface area (Å²) in [6.45, 7) is 10.3. The van der Waals surface area contributed by atoms with Gasteiger partial charge in [-0.2, -0.15) is 0 Å². The van der Waals surface area contributed by atoms with Crippen LogP contribution in [0.2, 0.25) is 0 Å². The lowest BCUT2D eigenvalue weighted by molar-refractivity contribution is 0.0277. The Bertz CT molecular complexity index is 1250. The second-order valence-corrected chi connectivity index (χ2v) is 11.0. The predicted octanol–water partition coefficient (Wildman–Crippen LogP) is 4.36. The summed E-state index contributed by atoms with van der Waals surface area (Å²) in [6, 6.07) is 12.5. The number of hydrogen-bond acceptors (Lipinski definition) is 8. The van der Waals surface area contributed by atoms with Crippen LogP contribution in [0.1, 0.15) is 20.8 Å². The first kappa shape index (κ1) is 27.4. The van der Waals surface area contributed by atoms with Gasteiger partial charge in [-0.3, -0.25) is 0 Å². The summed E-state index contributed by atoms with van der Waals surface area (Å²) in [7, 11) is 7.95. The molecule has 1 fully saturated rings. The monoisotopic (exact) mass is 520 g/mol. The van der Waals surface area contributed by atoms with E-state index in [0.717, 1.165) is 54.0 Å². The van der Waals surface area contributed by atoms with E-state index in [1.54, 1.807) is 13.2 Å². The molecule has 1 saturated heterocycles. The zero-order chi connectivity index (χ0) is 27.4. The van der Waals surface area contributed by atoms with E-state index >= 15 is 0 Å².